The van der Waals surface area contributed by atoms with Crippen LogP contribution in [0.4, 0.5) is 4.79 Å². The third kappa shape index (κ3) is 4.69. The van der Waals surface area contributed by atoms with Crippen molar-refractivity contribution in [3.63, 3.8) is 0 Å². The summed E-state index contributed by atoms with van der Waals surface area (Å²) in [7, 11) is 0. The summed E-state index contributed by atoms with van der Waals surface area (Å²) in [5.41, 5.74) is 0. The molecule has 50 valence electrons. The van der Waals surface area contributed by atoms with Crippen LogP contribution in [-0.4, -0.2) is 19.1 Å². The van der Waals surface area contributed by atoms with Gasteiger partial charge in [-0.1, -0.05) is 5.92 Å². The molecule has 0 aliphatic heterocycles. The van der Waals surface area contributed by atoms with Crippen LogP contribution < -0.4 is 10.6 Å². The quantitative estimate of drug-likeness (QED) is 0.500. The zero-order valence-electron chi connectivity index (χ0n) is 5.40. The van der Waals surface area contributed by atoms with Crippen molar-refractivity contribution in [2.45, 2.75) is 6.92 Å². The highest BCUT2D eigenvalue weighted by Gasteiger charge is 1.91. The Bertz CT molecular complexity index is 126. The Morgan fingerprint density at radius 2 is 2.33 bits per heavy atom. The second kappa shape index (κ2) is 4.98. The molecule has 0 aromatic rings. The number of hydrogen-bond donors (Lipinski definition) is 2. The highest BCUT2D eigenvalue weighted by Crippen LogP contribution is 1.60. The Balaban J connectivity index is 3.19. The number of amides is 2. The molecule has 0 aliphatic carbocycles. The Hall–Kier alpha value is -1.17. The predicted octanol–water partition coefficient (Wildman–Crippen LogP) is -0.0613. The molecule has 0 fully saturated rings. The number of hydrogen-bond acceptors (Lipinski definition) is 1. The maximum atomic E-state index is 10.5. The zero-order valence-corrected chi connectivity index (χ0v) is 5.40. The van der Waals surface area contributed by atoms with E-state index in [1.54, 1.807) is 0 Å². The smallest absolute Gasteiger partial charge is 0.315 e. The Labute approximate surface area is 54.8 Å². The van der Waals surface area contributed by atoms with Gasteiger partial charge in [-0.3, -0.25) is 0 Å². The Morgan fingerprint density at radius 3 is 2.78 bits per heavy atom. The van der Waals surface area contributed by atoms with Crippen molar-refractivity contribution in [1.82, 2.24) is 10.6 Å². The molecule has 3 heteroatoms. The van der Waals surface area contributed by atoms with Gasteiger partial charge < -0.3 is 10.6 Å². The van der Waals surface area contributed by atoms with E-state index in [4.69, 9.17) is 6.42 Å². The van der Waals surface area contributed by atoms with Gasteiger partial charge in [0.2, 0.25) is 0 Å². The minimum absolute atomic E-state index is 0.213. The minimum atomic E-state index is -0.213. The first-order chi connectivity index (χ1) is 4.31. The summed E-state index contributed by atoms with van der Waals surface area (Å²) < 4.78 is 0. The van der Waals surface area contributed by atoms with Crippen LogP contribution in [0.5, 0.6) is 0 Å². The monoisotopic (exact) mass is 126 g/mol. The fourth-order valence-corrected chi connectivity index (χ4v) is 0.354. The van der Waals surface area contributed by atoms with Crippen molar-refractivity contribution in [3.05, 3.63) is 0 Å². The topological polar surface area (TPSA) is 41.1 Å². The maximum absolute atomic E-state index is 10.5. The number of terminal acetylenes is 1. The molecule has 2 amide bonds. The molecule has 9 heavy (non-hydrogen) atoms. The number of urea groups is 1. The fourth-order valence-electron chi connectivity index (χ4n) is 0.354. The first kappa shape index (κ1) is 7.83. The second-order valence-electron chi connectivity index (χ2n) is 1.42. The summed E-state index contributed by atoms with van der Waals surface area (Å²) >= 11 is 0. The van der Waals surface area contributed by atoms with Gasteiger partial charge in [-0.15, -0.1) is 6.42 Å². The van der Waals surface area contributed by atoms with Gasteiger partial charge in [0.05, 0.1) is 6.54 Å². The predicted molar refractivity (Wildman–Crippen MR) is 35.9 cm³/mol. The standard InChI is InChI=1S/C6H10N2O/c1-3-5-8-6(9)7-4-2/h1H,4-5H2,2H3,(H2,7,8,9). The molecule has 3 nitrogen and oxygen atoms in total. The second-order valence-corrected chi connectivity index (χ2v) is 1.42. The van der Waals surface area contributed by atoms with E-state index < -0.39 is 0 Å². The molecule has 0 aromatic heterocycles. The molecule has 0 aliphatic rings. The summed E-state index contributed by atoms with van der Waals surface area (Å²) in [5, 5.41) is 4.98. The normalized spacial score (nSPS) is 7.56. The van der Waals surface area contributed by atoms with Gasteiger partial charge >= 0.3 is 6.03 Å². The summed E-state index contributed by atoms with van der Waals surface area (Å²) in [4.78, 5) is 10.5. The van der Waals surface area contributed by atoms with Crippen LogP contribution in [0.3, 0.4) is 0 Å². The molecule has 0 radical (unpaired) electrons. The first-order valence-electron chi connectivity index (χ1n) is 2.76. The molecule has 0 spiro atoms. The van der Waals surface area contributed by atoms with E-state index >= 15 is 0 Å². The third-order valence-electron chi connectivity index (χ3n) is 0.688. The molecule has 0 unspecified atom stereocenters. The van der Waals surface area contributed by atoms with Gasteiger partial charge in [0.25, 0.3) is 0 Å². The molecule has 0 bridgehead atoms. The number of nitrogens with one attached hydrogen (secondary N) is 2. The molecule has 2 N–H and O–H groups in total. The van der Waals surface area contributed by atoms with Crippen molar-refractivity contribution in [2.75, 3.05) is 13.1 Å². The molecular formula is C6H10N2O. The van der Waals surface area contributed by atoms with Crippen LogP contribution >= 0.6 is 0 Å². The fraction of sp³-hybridized carbons (Fsp3) is 0.500. The van der Waals surface area contributed by atoms with Gasteiger partial charge in [-0.25, -0.2) is 4.79 Å². The van der Waals surface area contributed by atoms with E-state index in [9.17, 15) is 4.79 Å². The average Bonchev–Trinajstić information content (AvgIpc) is 1.85. The maximum Gasteiger partial charge on any atom is 0.315 e. The van der Waals surface area contributed by atoms with Crippen LogP contribution in [0.15, 0.2) is 0 Å². The molecule has 0 aromatic carbocycles. The van der Waals surface area contributed by atoms with Crippen LogP contribution in [0, 0.1) is 12.3 Å². The molecule has 0 rings (SSSR count). The third-order valence-corrected chi connectivity index (χ3v) is 0.688. The number of rotatable bonds is 2. The zero-order chi connectivity index (χ0) is 7.11. The molecule has 0 saturated heterocycles. The van der Waals surface area contributed by atoms with E-state index in [0.29, 0.717) is 6.54 Å². The summed E-state index contributed by atoms with van der Waals surface area (Å²) in [5.74, 6) is 2.29. The Kier molecular flexibility index (Phi) is 4.33. The van der Waals surface area contributed by atoms with E-state index in [-0.39, 0.29) is 12.6 Å². The average molecular weight is 126 g/mol. The van der Waals surface area contributed by atoms with E-state index in [0.717, 1.165) is 0 Å². The highest BCUT2D eigenvalue weighted by atomic mass is 16.2. The van der Waals surface area contributed by atoms with Crippen molar-refractivity contribution < 1.29 is 4.79 Å². The van der Waals surface area contributed by atoms with Crippen LogP contribution in [-0.2, 0) is 0 Å². The van der Waals surface area contributed by atoms with Crippen molar-refractivity contribution >= 4 is 6.03 Å². The number of carbonyl (C=O) groups is 1. The van der Waals surface area contributed by atoms with Gasteiger partial charge in [0.15, 0.2) is 0 Å². The van der Waals surface area contributed by atoms with Crippen molar-refractivity contribution in [1.29, 1.82) is 0 Å². The molecule has 0 saturated carbocycles. The lowest BCUT2D eigenvalue weighted by molar-refractivity contribution is 0.242. The molecule has 0 atom stereocenters. The van der Waals surface area contributed by atoms with Gasteiger partial charge in [-0.05, 0) is 6.92 Å². The van der Waals surface area contributed by atoms with Crippen LogP contribution in [0.1, 0.15) is 6.92 Å². The molecular weight excluding hydrogens is 116 g/mol. The minimum Gasteiger partial charge on any atom is -0.338 e. The lowest BCUT2D eigenvalue weighted by atomic mass is 10.6. The van der Waals surface area contributed by atoms with Crippen molar-refractivity contribution in [3.8, 4) is 12.3 Å². The number of carbonyl (C=O) groups excluding carboxylic acids is 1. The van der Waals surface area contributed by atoms with Crippen molar-refractivity contribution in [2.24, 2.45) is 0 Å². The largest absolute Gasteiger partial charge is 0.338 e. The van der Waals surface area contributed by atoms with Crippen LogP contribution in [0.2, 0.25) is 0 Å². The lowest BCUT2D eigenvalue weighted by Gasteiger charge is -1.99. The van der Waals surface area contributed by atoms with E-state index in [1.165, 1.54) is 0 Å². The summed E-state index contributed by atoms with van der Waals surface area (Å²) in [6, 6.07) is -0.213. The van der Waals surface area contributed by atoms with Crippen LogP contribution in [0.25, 0.3) is 0 Å². The summed E-state index contributed by atoms with van der Waals surface area (Å²) in [6.07, 6.45) is 4.88. The van der Waals surface area contributed by atoms with Gasteiger partial charge in [0, 0.05) is 6.54 Å². The Morgan fingerprint density at radius 1 is 1.67 bits per heavy atom. The lowest BCUT2D eigenvalue weighted by Crippen LogP contribution is -2.35. The highest BCUT2D eigenvalue weighted by molar-refractivity contribution is 5.73. The van der Waals surface area contributed by atoms with Gasteiger partial charge in [-0.2, -0.15) is 0 Å². The SMILES string of the molecule is C#CCNC(=O)NCC. The van der Waals surface area contributed by atoms with E-state index in [2.05, 4.69) is 16.6 Å². The van der Waals surface area contributed by atoms with E-state index in [1.807, 2.05) is 6.92 Å². The molecule has 0 heterocycles. The first-order valence-corrected chi connectivity index (χ1v) is 2.76. The van der Waals surface area contributed by atoms with Gasteiger partial charge in [0.1, 0.15) is 0 Å². The summed E-state index contributed by atoms with van der Waals surface area (Å²) in [6.45, 7) is 2.75.